The fourth-order valence-electron chi connectivity index (χ4n) is 3.04. The van der Waals surface area contributed by atoms with Gasteiger partial charge in [0, 0.05) is 13.1 Å². The van der Waals surface area contributed by atoms with Crippen LogP contribution in [0.25, 0.3) is 0 Å². The summed E-state index contributed by atoms with van der Waals surface area (Å²) in [5.41, 5.74) is -0.208. The van der Waals surface area contributed by atoms with Gasteiger partial charge in [-0.3, -0.25) is 4.72 Å². The van der Waals surface area contributed by atoms with Gasteiger partial charge in [0.05, 0.1) is 12.3 Å². The molecule has 0 radical (unpaired) electrons. The molecule has 0 spiro atoms. The van der Waals surface area contributed by atoms with Crippen molar-refractivity contribution < 1.29 is 34.7 Å². The van der Waals surface area contributed by atoms with Crippen molar-refractivity contribution in [1.29, 1.82) is 0 Å². The smallest absolute Gasteiger partial charge is 0.264 e. The Labute approximate surface area is 172 Å². The predicted molar refractivity (Wildman–Crippen MR) is 103 cm³/mol. The molecule has 164 valence electrons. The van der Waals surface area contributed by atoms with Crippen LogP contribution in [0, 0.1) is 17.5 Å². The van der Waals surface area contributed by atoms with Gasteiger partial charge in [-0.15, -0.1) is 0 Å². The van der Waals surface area contributed by atoms with Gasteiger partial charge in [-0.2, -0.15) is 4.31 Å². The van der Waals surface area contributed by atoms with Gasteiger partial charge in [0.15, 0.2) is 17.5 Å². The molecule has 1 heterocycles. The van der Waals surface area contributed by atoms with Crippen molar-refractivity contribution in [3.05, 3.63) is 47.8 Å². The van der Waals surface area contributed by atoms with E-state index in [0.29, 0.717) is 38.1 Å². The largest absolute Gasteiger partial charge is 0.492 e. The minimum absolute atomic E-state index is 0.0337. The third-order valence-corrected chi connectivity index (χ3v) is 7.79. The predicted octanol–water partition coefficient (Wildman–Crippen LogP) is 3.09. The Balaban J connectivity index is 2.02. The summed E-state index contributed by atoms with van der Waals surface area (Å²) in [6.07, 6.45) is 1.40. The molecule has 1 saturated heterocycles. The number of ether oxygens (including phenoxy) is 1. The Morgan fingerprint density at radius 1 is 0.967 bits per heavy atom. The molecule has 0 unspecified atom stereocenters. The first-order valence-electron chi connectivity index (χ1n) is 9.01. The molecule has 1 N–H and O–H groups in total. The molecular weight excluding hydrogens is 445 g/mol. The van der Waals surface area contributed by atoms with Crippen molar-refractivity contribution in [3.8, 4) is 5.75 Å². The maximum absolute atomic E-state index is 13.9. The normalized spacial score (nSPS) is 15.3. The second-order valence-electron chi connectivity index (χ2n) is 6.48. The monoisotopic (exact) mass is 464 g/mol. The van der Waals surface area contributed by atoms with Crippen molar-refractivity contribution in [1.82, 2.24) is 4.31 Å². The minimum atomic E-state index is -4.67. The van der Waals surface area contributed by atoms with Crippen molar-refractivity contribution in [2.75, 3.05) is 24.4 Å². The summed E-state index contributed by atoms with van der Waals surface area (Å²) in [5.74, 6) is -5.31. The first-order chi connectivity index (χ1) is 14.1. The van der Waals surface area contributed by atoms with E-state index >= 15 is 0 Å². The lowest BCUT2D eigenvalue weighted by molar-refractivity contribution is 0.330. The molecule has 30 heavy (non-hydrogen) atoms. The molecular formula is C18H19F3N2O5S2. The minimum Gasteiger partial charge on any atom is -0.492 e. The number of benzene rings is 2. The van der Waals surface area contributed by atoms with Gasteiger partial charge in [0.1, 0.15) is 15.5 Å². The van der Waals surface area contributed by atoms with Crippen LogP contribution >= 0.6 is 0 Å². The molecule has 2 aromatic rings. The van der Waals surface area contributed by atoms with Crippen LogP contribution in [0.1, 0.15) is 19.8 Å². The highest BCUT2D eigenvalue weighted by atomic mass is 32.2. The van der Waals surface area contributed by atoms with E-state index in [2.05, 4.69) is 0 Å². The lowest BCUT2D eigenvalue weighted by Crippen LogP contribution is -2.28. The number of rotatable bonds is 7. The van der Waals surface area contributed by atoms with Crippen LogP contribution in [0.15, 0.2) is 40.1 Å². The Hall–Kier alpha value is -2.31. The van der Waals surface area contributed by atoms with Crippen LogP contribution in [0.2, 0.25) is 0 Å². The van der Waals surface area contributed by atoms with Gasteiger partial charge in [0.2, 0.25) is 10.0 Å². The van der Waals surface area contributed by atoms with Crippen LogP contribution in [0.4, 0.5) is 18.9 Å². The summed E-state index contributed by atoms with van der Waals surface area (Å²) in [5, 5.41) is 0. The van der Waals surface area contributed by atoms with Crippen molar-refractivity contribution in [2.24, 2.45) is 0 Å². The highest BCUT2D eigenvalue weighted by molar-refractivity contribution is 7.92. The van der Waals surface area contributed by atoms with Crippen LogP contribution in [0.5, 0.6) is 5.75 Å². The van der Waals surface area contributed by atoms with Crippen molar-refractivity contribution in [2.45, 2.75) is 29.6 Å². The average Bonchev–Trinajstić information content (AvgIpc) is 3.22. The van der Waals surface area contributed by atoms with Gasteiger partial charge >= 0.3 is 0 Å². The second kappa shape index (κ2) is 8.44. The van der Waals surface area contributed by atoms with E-state index in [-0.39, 0.29) is 22.9 Å². The molecule has 0 amide bonds. The third kappa shape index (κ3) is 4.25. The fourth-order valence-corrected chi connectivity index (χ4v) is 5.84. The van der Waals surface area contributed by atoms with Crippen LogP contribution in [-0.4, -0.2) is 40.8 Å². The number of nitrogens with one attached hydrogen (secondary N) is 1. The maximum atomic E-state index is 13.9. The average molecular weight is 464 g/mol. The van der Waals surface area contributed by atoms with Gasteiger partial charge < -0.3 is 4.74 Å². The van der Waals surface area contributed by atoms with Gasteiger partial charge in [-0.05, 0) is 50.1 Å². The van der Waals surface area contributed by atoms with E-state index < -0.39 is 42.4 Å². The molecule has 3 rings (SSSR count). The second-order valence-corrected chi connectivity index (χ2v) is 10.0. The SMILES string of the molecule is CCOc1ccc(NS(=O)(=O)c2ccc(F)c(F)c2F)cc1S(=O)(=O)N1CCCC1. The maximum Gasteiger partial charge on any atom is 0.264 e. The Bertz CT molecular complexity index is 1160. The summed E-state index contributed by atoms with van der Waals surface area (Å²) in [6.45, 7) is 2.48. The molecule has 0 saturated carbocycles. The fraction of sp³-hybridized carbons (Fsp3) is 0.333. The summed E-state index contributed by atoms with van der Waals surface area (Å²) in [7, 11) is -8.64. The number of hydrogen-bond acceptors (Lipinski definition) is 5. The Kier molecular flexibility index (Phi) is 6.29. The molecule has 0 aliphatic carbocycles. The molecule has 0 bridgehead atoms. The highest BCUT2D eigenvalue weighted by Crippen LogP contribution is 2.32. The summed E-state index contributed by atoms with van der Waals surface area (Å²) in [6, 6.07) is 4.60. The van der Waals surface area contributed by atoms with Gasteiger partial charge in [0.25, 0.3) is 10.0 Å². The molecule has 0 atom stereocenters. The Morgan fingerprint density at radius 2 is 1.63 bits per heavy atom. The lowest BCUT2D eigenvalue weighted by Gasteiger charge is -2.19. The first-order valence-corrected chi connectivity index (χ1v) is 11.9. The molecule has 1 aliphatic heterocycles. The van der Waals surface area contributed by atoms with Gasteiger partial charge in [-0.1, -0.05) is 0 Å². The quantitative estimate of drug-likeness (QED) is 0.636. The third-order valence-electron chi connectivity index (χ3n) is 4.47. The standard InChI is InChI=1S/C18H19F3N2O5S2/c1-2-28-14-7-5-12(11-16(14)30(26,27)23-9-3-4-10-23)22-29(24,25)15-8-6-13(19)17(20)18(15)21/h5-8,11,22H,2-4,9-10H2,1H3. The lowest BCUT2D eigenvalue weighted by atomic mass is 10.3. The van der Waals surface area contributed by atoms with Crippen molar-refractivity contribution >= 4 is 25.7 Å². The number of anilines is 1. The van der Waals surface area contributed by atoms with E-state index in [4.69, 9.17) is 4.74 Å². The van der Waals surface area contributed by atoms with E-state index in [0.717, 1.165) is 6.07 Å². The van der Waals surface area contributed by atoms with E-state index in [1.807, 2.05) is 4.72 Å². The zero-order valence-corrected chi connectivity index (χ0v) is 17.5. The highest BCUT2D eigenvalue weighted by Gasteiger charge is 2.31. The Morgan fingerprint density at radius 3 is 2.27 bits per heavy atom. The summed E-state index contributed by atoms with van der Waals surface area (Å²) >= 11 is 0. The van der Waals surface area contributed by atoms with E-state index in [1.54, 1.807) is 6.92 Å². The molecule has 1 fully saturated rings. The molecule has 2 aromatic carbocycles. The number of halogens is 3. The van der Waals surface area contributed by atoms with E-state index in [9.17, 15) is 30.0 Å². The number of sulfonamides is 2. The zero-order chi connectivity index (χ0) is 22.1. The summed E-state index contributed by atoms with van der Waals surface area (Å²) in [4.78, 5) is -1.36. The molecule has 1 aliphatic rings. The first kappa shape index (κ1) is 22.4. The van der Waals surface area contributed by atoms with Crippen molar-refractivity contribution in [3.63, 3.8) is 0 Å². The summed E-state index contributed by atoms with van der Waals surface area (Å²) < 4.78 is 100. The molecule has 7 nitrogen and oxygen atoms in total. The number of nitrogens with zero attached hydrogens (tertiary/aromatic N) is 1. The van der Waals surface area contributed by atoms with Crippen LogP contribution in [0.3, 0.4) is 0 Å². The zero-order valence-electron chi connectivity index (χ0n) is 15.9. The molecule has 12 heteroatoms. The van der Waals surface area contributed by atoms with Crippen LogP contribution < -0.4 is 9.46 Å². The number of hydrogen-bond donors (Lipinski definition) is 1. The molecule has 0 aromatic heterocycles. The van der Waals surface area contributed by atoms with E-state index in [1.165, 1.54) is 16.4 Å². The van der Waals surface area contributed by atoms with Crippen LogP contribution in [-0.2, 0) is 20.0 Å². The van der Waals surface area contributed by atoms with Gasteiger partial charge in [-0.25, -0.2) is 30.0 Å². The topological polar surface area (TPSA) is 92.8 Å².